The number of carbonyl (C=O) groups excluding carboxylic acids is 1. The molecule has 2 aromatic carbocycles. The molecule has 0 saturated carbocycles. The van der Waals surface area contributed by atoms with Crippen LogP contribution in [0.4, 0.5) is 18.9 Å². The van der Waals surface area contributed by atoms with Crippen LogP contribution in [0.1, 0.15) is 29.5 Å². The van der Waals surface area contributed by atoms with Gasteiger partial charge in [0.2, 0.25) is 5.91 Å². The molecule has 0 unspecified atom stereocenters. The number of rotatable bonds is 6. The highest BCUT2D eigenvalue weighted by Gasteiger charge is 2.42. The maximum Gasteiger partial charge on any atom is 0.417 e. The summed E-state index contributed by atoms with van der Waals surface area (Å²) in [5, 5.41) is 9.07. The van der Waals surface area contributed by atoms with E-state index in [1.54, 1.807) is 18.1 Å². The SMILES string of the molecule is COc1cccc(CN2CCC([C@@H]3CN(c4ccc(C#N)c(C(F)(F)F)c4)C[C@H]3C(N)=O)CC2)c1. The van der Waals surface area contributed by atoms with Gasteiger partial charge in [-0.25, -0.2) is 0 Å². The number of likely N-dealkylation sites (tertiary alicyclic amines) is 1. The number of hydrogen-bond donors (Lipinski definition) is 1. The van der Waals surface area contributed by atoms with E-state index in [1.807, 2.05) is 18.2 Å². The first-order valence-electron chi connectivity index (χ1n) is 11.7. The van der Waals surface area contributed by atoms with Crippen molar-refractivity contribution in [2.24, 2.45) is 23.5 Å². The largest absolute Gasteiger partial charge is 0.497 e. The van der Waals surface area contributed by atoms with Crippen molar-refractivity contribution in [2.45, 2.75) is 25.6 Å². The molecular formula is C26H29F3N4O2. The summed E-state index contributed by atoms with van der Waals surface area (Å²) in [6, 6.07) is 13.3. The maximum atomic E-state index is 13.5. The molecule has 6 nitrogen and oxygen atoms in total. The first kappa shape index (κ1) is 24.9. The van der Waals surface area contributed by atoms with Crippen molar-refractivity contribution in [3.8, 4) is 11.8 Å². The van der Waals surface area contributed by atoms with Crippen molar-refractivity contribution in [1.82, 2.24) is 4.90 Å². The van der Waals surface area contributed by atoms with Crippen molar-refractivity contribution in [3.63, 3.8) is 0 Å². The molecule has 0 aromatic heterocycles. The van der Waals surface area contributed by atoms with Gasteiger partial charge in [0, 0.05) is 25.3 Å². The molecule has 9 heteroatoms. The highest BCUT2D eigenvalue weighted by Crippen LogP contribution is 2.40. The molecule has 0 radical (unpaired) electrons. The Morgan fingerprint density at radius 3 is 2.54 bits per heavy atom. The zero-order valence-electron chi connectivity index (χ0n) is 19.6. The number of hydrogen-bond acceptors (Lipinski definition) is 5. The summed E-state index contributed by atoms with van der Waals surface area (Å²) in [6.07, 6.45) is -2.83. The van der Waals surface area contributed by atoms with Gasteiger partial charge in [-0.2, -0.15) is 18.4 Å². The topological polar surface area (TPSA) is 82.6 Å². The third-order valence-electron chi connectivity index (χ3n) is 7.30. The number of nitriles is 1. The summed E-state index contributed by atoms with van der Waals surface area (Å²) in [7, 11) is 1.65. The summed E-state index contributed by atoms with van der Waals surface area (Å²) in [5.74, 6) is 0.233. The monoisotopic (exact) mass is 486 g/mol. The highest BCUT2D eigenvalue weighted by atomic mass is 19.4. The van der Waals surface area contributed by atoms with Crippen LogP contribution in [0.2, 0.25) is 0 Å². The van der Waals surface area contributed by atoms with E-state index in [0.29, 0.717) is 12.2 Å². The van der Waals surface area contributed by atoms with Gasteiger partial charge in [0.1, 0.15) is 5.75 Å². The fraction of sp³-hybridized carbons (Fsp3) is 0.462. The fourth-order valence-electron chi connectivity index (χ4n) is 5.45. The van der Waals surface area contributed by atoms with Gasteiger partial charge in [0.15, 0.2) is 0 Å². The Balaban J connectivity index is 1.44. The van der Waals surface area contributed by atoms with Gasteiger partial charge >= 0.3 is 6.18 Å². The average Bonchev–Trinajstić information content (AvgIpc) is 3.29. The quantitative estimate of drug-likeness (QED) is 0.667. The number of benzene rings is 2. The number of amides is 1. The molecule has 2 aromatic rings. The summed E-state index contributed by atoms with van der Waals surface area (Å²) in [5.41, 5.74) is 5.89. The standard InChI is InChI=1S/C26H29F3N4O2/c1-35-21-4-2-3-17(11-21)14-32-9-7-18(8-10-32)22-15-33(16-23(22)25(31)34)20-6-5-19(13-30)24(12-20)26(27,28)29/h2-6,11-12,18,22-23H,7-10,14-16H2,1H3,(H2,31,34)/t22-,23+/m0/s1. The Morgan fingerprint density at radius 2 is 1.91 bits per heavy atom. The summed E-state index contributed by atoms with van der Waals surface area (Å²) in [6.45, 7) is 3.31. The normalized spacial score (nSPS) is 21.6. The molecule has 0 aliphatic carbocycles. The average molecular weight is 487 g/mol. The van der Waals surface area contributed by atoms with Crippen molar-refractivity contribution >= 4 is 11.6 Å². The number of methoxy groups -OCH3 is 1. The van der Waals surface area contributed by atoms with E-state index in [0.717, 1.165) is 44.3 Å². The number of ether oxygens (including phenoxy) is 1. The lowest BCUT2D eigenvalue weighted by atomic mass is 9.78. The Morgan fingerprint density at radius 1 is 1.17 bits per heavy atom. The number of primary amides is 1. The van der Waals surface area contributed by atoms with Crippen LogP contribution in [0.3, 0.4) is 0 Å². The van der Waals surface area contributed by atoms with Crippen molar-refractivity contribution in [2.75, 3.05) is 38.2 Å². The first-order chi connectivity index (χ1) is 16.7. The minimum absolute atomic E-state index is 0.0172. The van der Waals surface area contributed by atoms with Gasteiger partial charge in [-0.15, -0.1) is 0 Å². The van der Waals surface area contributed by atoms with E-state index >= 15 is 0 Å². The lowest BCUT2D eigenvalue weighted by Gasteiger charge is -2.36. The second-order valence-corrected chi connectivity index (χ2v) is 9.38. The van der Waals surface area contributed by atoms with E-state index in [2.05, 4.69) is 11.0 Å². The van der Waals surface area contributed by atoms with Gasteiger partial charge < -0.3 is 15.4 Å². The van der Waals surface area contributed by atoms with Crippen molar-refractivity contribution in [1.29, 1.82) is 5.26 Å². The smallest absolute Gasteiger partial charge is 0.417 e. The molecule has 0 bridgehead atoms. The Bertz CT molecular complexity index is 1110. The zero-order valence-corrected chi connectivity index (χ0v) is 19.6. The molecule has 2 aliphatic rings. The second kappa shape index (κ2) is 10.2. The minimum Gasteiger partial charge on any atom is -0.497 e. The third kappa shape index (κ3) is 5.54. The van der Waals surface area contributed by atoms with E-state index in [1.165, 1.54) is 17.7 Å². The van der Waals surface area contributed by atoms with Crippen LogP contribution >= 0.6 is 0 Å². The number of piperidine rings is 1. The number of nitrogens with zero attached hydrogens (tertiary/aromatic N) is 3. The molecule has 2 heterocycles. The molecular weight excluding hydrogens is 457 g/mol. The molecule has 2 N–H and O–H groups in total. The van der Waals surface area contributed by atoms with Crippen LogP contribution in [0, 0.1) is 29.1 Å². The third-order valence-corrected chi connectivity index (χ3v) is 7.30. The zero-order chi connectivity index (χ0) is 25.2. The highest BCUT2D eigenvalue weighted by molar-refractivity contribution is 5.79. The summed E-state index contributed by atoms with van der Waals surface area (Å²) < 4.78 is 45.7. The lowest BCUT2D eigenvalue weighted by molar-refractivity contribution is -0.137. The van der Waals surface area contributed by atoms with Crippen LogP contribution in [0.5, 0.6) is 5.75 Å². The number of alkyl halides is 3. The Hall–Kier alpha value is -3.25. The first-order valence-corrected chi connectivity index (χ1v) is 11.7. The van der Waals surface area contributed by atoms with Crippen LogP contribution in [0.25, 0.3) is 0 Å². The molecule has 2 saturated heterocycles. The number of nitrogens with two attached hydrogens (primary N) is 1. The number of halogens is 3. The van der Waals surface area contributed by atoms with Crippen LogP contribution in [-0.4, -0.2) is 44.1 Å². The number of carbonyl (C=O) groups is 1. The summed E-state index contributed by atoms with van der Waals surface area (Å²) in [4.78, 5) is 16.4. The summed E-state index contributed by atoms with van der Waals surface area (Å²) >= 11 is 0. The van der Waals surface area contributed by atoms with Crippen molar-refractivity contribution < 1.29 is 22.7 Å². The molecule has 2 aliphatic heterocycles. The molecule has 35 heavy (non-hydrogen) atoms. The predicted molar refractivity (Wildman–Crippen MR) is 126 cm³/mol. The van der Waals surface area contributed by atoms with E-state index in [-0.39, 0.29) is 18.4 Å². The van der Waals surface area contributed by atoms with Crippen LogP contribution in [-0.2, 0) is 17.5 Å². The van der Waals surface area contributed by atoms with E-state index in [9.17, 15) is 18.0 Å². The van der Waals surface area contributed by atoms with Gasteiger partial charge in [-0.3, -0.25) is 9.69 Å². The Kier molecular flexibility index (Phi) is 7.22. The molecule has 2 fully saturated rings. The molecule has 186 valence electrons. The Labute approximate surface area is 203 Å². The lowest BCUT2D eigenvalue weighted by Crippen LogP contribution is -2.40. The van der Waals surface area contributed by atoms with Gasteiger partial charge in [-0.05, 0) is 73.7 Å². The second-order valence-electron chi connectivity index (χ2n) is 9.38. The molecule has 1 amide bonds. The molecule has 4 rings (SSSR count). The van der Waals surface area contributed by atoms with E-state index < -0.39 is 29.1 Å². The van der Waals surface area contributed by atoms with Gasteiger partial charge in [0.25, 0.3) is 0 Å². The minimum atomic E-state index is -4.63. The van der Waals surface area contributed by atoms with Gasteiger partial charge in [0.05, 0.1) is 30.2 Å². The molecule has 2 atom stereocenters. The van der Waals surface area contributed by atoms with Crippen LogP contribution in [0.15, 0.2) is 42.5 Å². The van der Waals surface area contributed by atoms with E-state index in [4.69, 9.17) is 15.7 Å². The maximum absolute atomic E-state index is 13.5. The molecule has 0 spiro atoms. The van der Waals surface area contributed by atoms with Crippen molar-refractivity contribution in [3.05, 3.63) is 59.2 Å². The predicted octanol–water partition coefficient (Wildman–Crippen LogP) is 4.04. The van der Waals surface area contributed by atoms with Crippen LogP contribution < -0.4 is 15.4 Å². The number of anilines is 1. The fourth-order valence-corrected chi connectivity index (χ4v) is 5.45. The van der Waals surface area contributed by atoms with Gasteiger partial charge in [-0.1, -0.05) is 12.1 Å².